The van der Waals surface area contributed by atoms with Gasteiger partial charge in [0, 0.05) is 19.3 Å². The van der Waals surface area contributed by atoms with Crippen LogP contribution in [0, 0.1) is 0 Å². The second kappa shape index (κ2) is 58.1. The predicted octanol–water partition coefficient (Wildman–Crippen LogP) is 19.4. The molecule has 0 N–H and O–H groups in total. The van der Waals surface area contributed by atoms with E-state index in [-0.39, 0.29) is 37.5 Å². The summed E-state index contributed by atoms with van der Waals surface area (Å²) in [6, 6.07) is 0. The Morgan fingerprint density at radius 2 is 0.577 bits per heavy atom. The van der Waals surface area contributed by atoms with Crippen LogP contribution in [-0.4, -0.2) is 37.2 Å². The lowest BCUT2D eigenvalue weighted by molar-refractivity contribution is -0.166. The van der Waals surface area contributed by atoms with Crippen molar-refractivity contribution in [3.8, 4) is 0 Å². The lowest BCUT2D eigenvalue weighted by Gasteiger charge is -2.18. The monoisotopic (exact) mass is 981 g/mol. The summed E-state index contributed by atoms with van der Waals surface area (Å²) in [4.78, 5) is 38.2. The molecular formula is C65H104O6. The summed E-state index contributed by atoms with van der Waals surface area (Å²) in [5.41, 5.74) is 0. The lowest BCUT2D eigenvalue weighted by Crippen LogP contribution is -2.30. The van der Waals surface area contributed by atoms with Crippen molar-refractivity contribution in [2.45, 2.75) is 245 Å². The number of ether oxygens (including phenoxy) is 3. The van der Waals surface area contributed by atoms with E-state index in [0.29, 0.717) is 19.3 Å². The minimum absolute atomic E-state index is 0.114. The molecule has 0 rings (SSSR count). The zero-order chi connectivity index (χ0) is 51.4. The topological polar surface area (TPSA) is 78.9 Å². The molecule has 0 aliphatic carbocycles. The maximum absolute atomic E-state index is 12.9. The molecule has 0 spiro atoms. The lowest BCUT2D eigenvalue weighted by atomic mass is 10.1. The van der Waals surface area contributed by atoms with Crippen molar-refractivity contribution in [3.63, 3.8) is 0 Å². The van der Waals surface area contributed by atoms with Gasteiger partial charge in [-0.25, -0.2) is 0 Å². The molecule has 0 aromatic carbocycles. The van der Waals surface area contributed by atoms with Crippen LogP contribution in [-0.2, 0) is 28.6 Å². The highest BCUT2D eigenvalue weighted by molar-refractivity contribution is 5.71. The average molecular weight is 982 g/mol. The van der Waals surface area contributed by atoms with Gasteiger partial charge in [0.05, 0.1) is 0 Å². The third kappa shape index (κ3) is 56.3. The molecule has 6 nitrogen and oxygen atoms in total. The number of carbonyl (C=O) groups is 3. The summed E-state index contributed by atoms with van der Waals surface area (Å²) in [7, 11) is 0. The zero-order valence-electron chi connectivity index (χ0n) is 45.7. The Bertz CT molecular complexity index is 1550. The largest absolute Gasteiger partial charge is 0.462 e. The van der Waals surface area contributed by atoms with Crippen molar-refractivity contribution >= 4 is 17.9 Å². The Kier molecular flexibility index (Phi) is 54.5. The Morgan fingerprint density at radius 3 is 0.944 bits per heavy atom. The van der Waals surface area contributed by atoms with Gasteiger partial charge in [0.2, 0.25) is 0 Å². The van der Waals surface area contributed by atoms with Gasteiger partial charge in [-0.2, -0.15) is 0 Å². The number of hydrogen-bond acceptors (Lipinski definition) is 6. The quantitative estimate of drug-likeness (QED) is 0.0262. The molecule has 0 heterocycles. The van der Waals surface area contributed by atoms with Gasteiger partial charge in [0.25, 0.3) is 0 Å². The number of hydrogen-bond donors (Lipinski definition) is 0. The molecule has 0 amide bonds. The van der Waals surface area contributed by atoms with E-state index in [9.17, 15) is 14.4 Å². The van der Waals surface area contributed by atoms with Crippen molar-refractivity contribution in [2.75, 3.05) is 13.2 Å². The minimum Gasteiger partial charge on any atom is -0.462 e. The number of rotatable bonds is 50. The van der Waals surface area contributed by atoms with Crippen molar-refractivity contribution in [1.29, 1.82) is 0 Å². The van der Waals surface area contributed by atoms with E-state index in [1.54, 1.807) is 0 Å². The highest BCUT2D eigenvalue weighted by Gasteiger charge is 2.19. The number of allylic oxidation sites excluding steroid dienone is 22. The van der Waals surface area contributed by atoms with Crippen LogP contribution in [0.3, 0.4) is 0 Å². The van der Waals surface area contributed by atoms with Crippen molar-refractivity contribution in [1.82, 2.24) is 0 Å². The highest BCUT2D eigenvalue weighted by Crippen LogP contribution is 2.14. The number of esters is 3. The van der Waals surface area contributed by atoms with E-state index in [2.05, 4.69) is 148 Å². The first-order valence-corrected chi connectivity index (χ1v) is 28.7. The van der Waals surface area contributed by atoms with Crippen LogP contribution in [0.25, 0.3) is 0 Å². The van der Waals surface area contributed by atoms with E-state index < -0.39 is 6.10 Å². The number of unbranched alkanes of at least 4 members (excludes halogenated alkanes) is 17. The van der Waals surface area contributed by atoms with Gasteiger partial charge in [-0.1, -0.05) is 231 Å². The molecule has 71 heavy (non-hydrogen) atoms. The van der Waals surface area contributed by atoms with Crippen LogP contribution in [0.4, 0.5) is 0 Å². The summed E-state index contributed by atoms with van der Waals surface area (Å²) >= 11 is 0. The van der Waals surface area contributed by atoms with Crippen molar-refractivity contribution in [2.24, 2.45) is 0 Å². The highest BCUT2D eigenvalue weighted by atomic mass is 16.6. The standard InChI is InChI=1S/C65H104O6/c1-4-7-10-13-16-19-22-25-28-31-32-35-37-40-43-46-49-52-55-58-64(67)70-61-62(71-65(68)59-56-53-50-47-44-41-38-34-30-27-24-21-18-15-12-9-6-3)60-69-63(66)57-54-51-48-45-42-39-36-33-29-26-23-20-17-14-11-8-5-2/h7,9-10,12,16-21,25-30,32,35,40,43,49,52,62H,4-6,8,11,13-15,22-24,31,33-34,36-39,41-42,44-48,50-51,53-61H2,1-3H3/b10-7-,12-9-,19-16-,20-17-,21-18-,28-25-,29-26-,30-27-,35-32-,43-40-,52-49-. The van der Waals surface area contributed by atoms with Gasteiger partial charge in [0.15, 0.2) is 6.10 Å². The Hall–Kier alpha value is -4.45. The first-order valence-electron chi connectivity index (χ1n) is 28.7. The summed E-state index contributed by atoms with van der Waals surface area (Å²) in [5.74, 6) is -1.02. The summed E-state index contributed by atoms with van der Waals surface area (Å²) in [6.07, 6.45) is 81.6. The Balaban J connectivity index is 4.55. The van der Waals surface area contributed by atoms with Crippen molar-refractivity contribution < 1.29 is 28.6 Å². The van der Waals surface area contributed by atoms with Crippen LogP contribution in [0.2, 0.25) is 0 Å². The minimum atomic E-state index is -0.823. The molecule has 0 aliphatic heterocycles. The van der Waals surface area contributed by atoms with Gasteiger partial charge >= 0.3 is 17.9 Å². The van der Waals surface area contributed by atoms with Crippen LogP contribution >= 0.6 is 0 Å². The molecule has 0 saturated heterocycles. The molecule has 0 fully saturated rings. The molecule has 1 atom stereocenters. The van der Waals surface area contributed by atoms with Crippen LogP contribution < -0.4 is 0 Å². The summed E-state index contributed by atoms with van der Waals surface area (Å²) in [6.45, 7) is 6.30. The fraction of sp³-hybridized carbons (Fsp3) is 0.615. The fourth-order valence-corrected chi connectivity index (χ4v) is 7.39. The third-order valence-corrected chi connectivity index (χ3v) is 11.6. The first kappa shape index (κ1) is 66.6. The molecule has 0 aliphatic rings. The van der Waals surface area contributed by atoms with Gasteiger partial charge < -0.3 is 14.2 Å². The van der Waals surface area contributed by atoms with E-state index in [1.165, 1.54) is 70.6 Å². The number of carbonyl (C=O) groups excluding carboxylic acids is 3. The molecule has 0 aromatic heterocycles. The maximum atomic E-state index is 12.9. The smallest absolute Gasteiger partial charge is 0.306 e. The molecule has 0 saturated carbocycles. The first-order chi connectivity index (χ1) is 35.0. The maximum Gasteiger partial charge on any atom is 0.306 e. The van der Waals surface area contributed by atoms with Gasteiger partial charge in [-0.15, -0.1) is 0 Å². The Morgan fingerprint density at radius 1 is 0.296 bits per heavy atom. The SMILES string of the molecule is CC/C=C\C/C=C\C/C=C\C/C=C\C/C=C\C/C=C\CCC(=O)OCC(COC(=O)CCCCCCCCC/C=C\C/C=C\CCCCC)OC(=O)CCCCCCCCC/C=C\C/C=C\C/C=C\CC. The Labute approximate surface area is 436 Å². The predicted molar refractivity (Wildman–Crippen MR) is 306 cm³/mol. The molecule has 0 radical (unpaired) electrons. The second-order valence-electron chi connectivity index (χ2n) is 18.4. The van der Waals surface area contributed by atoms with Crippen LogP contribution in [0.5, 0.6) is 0 Å². The molecule has 400 valence electrons. The molecule has 6 heteroatoms. The van der Waals surface area contributed by atoms with E-state index >= 15 is 0 Å². The van der Waals surface area contributed by atoms with Crippen molar-refractivity contribution in [3.05, 3.63) is 134 Å². The normalized spacial score (nSPS) is 13.1. The fourth-order valence-electron chi connectivity index (χ4n) is 7.39. The summed E-state index contributed by atoms with van der Waals surface area (Å²) in [5, 5.41) is 0. The van der Waals surface area contributed by atoms with Crippen LogP contribution in [0.1, 0.15) is 239 Å². The average Bonchev–Trinajstić information content (AvgIpc) is 3.37. The van der Waals surface area contributed by atoms with Gasteiger partial charge in [-0.3, -0.25) is 14.4 Å². The van der Waals surface area contributed by atoms with Crippen LogP contribution in [0.15, 0.2) is 134 Å². The van der Waals surface area contributed by atoms with E-state index in [4.69, 9.17) is 14.2 Å². The molecule has 0 aromatic rings. The molecule has 0 bridgehead atoms. The molecule has 1 unspecified atom stereocenters. The third-order valence-electron chi connectivity index (χ3n) is 11.6. The zero-order valence-corrected chi connectivity index (χ0v) is 45.7. The molecular weight excluding hydrogens is 877 g/mol. The van der Waals surface area contributed by atoms with E-state index in [0.717, 1.165) is 122 Å². The second-order valence-corrected chi connectivity index (χ2v) is 18.4. The van der Waals surface area contributed by atoms with Gasteiger partial charge in [-0.05, 0) is 122 Å². The van der Waals surface area contributed by atoms with E-state index in [1.807, 2.05) is 6.08 Å². The van der Waals surface area contributed by atoms with Gasteiger partial charge in [0.1, 0.15) is 13.2 Å². The summed E-state index contributed by atoms with van der Waals surface area (Å²) < 4.78 is 16.8.